The number of rotatable bonds is 7. The molecule has 3 saturated carbocycles. The van der Waals surface area contributed by atoms with Crippen molar-refractivity contribution in [2.24, 2.45) is 28.2 Å². The summed E-state index contributed by atoms with van der Waals surface area (Å²) in [5, 5.41) is 19.7. The van der Waals surface area contributed by atoms with Crippen molar-refractivity contribution in [2.45, 2.75) is 72.1 Å². The average molecular weight is 627 g/mol. The van der Waals surface area contributed by atoms with Crippen molar-refractivity contribution in [1.82, 2.24) is 40.0 Å². The summed E-state index contributed by atoms with van der Waals surface area (Å²) in [6.07, 6.45) is 4.34. The van der Waals surface area contributed by atoms with Crippen molar-refractivity contribution >= 4 is 22.5 Å². The number of nitrogens with zero attached hydrogens (tertiary/aromatic N) is 8. The molecule has 0 amide bonds. The number of guanidine groups is 1. The van der Waals surface area contributed by atoms with Gasteiger partial charge < -0.3 is 15.5 Å². The Kier molecular flexibility index (Phi) is 8.08. The Balaban J connectivity index is 1.21. The molecule has 0 unspecified atom stereocenters. The molecule has 2 bridgehead atoms. The minimum absolute atomic E-state index is 0.142. The van der Waals surface area contributed by atoms with Gasteiger partial charge >= 0.3 is 0 Å². The lowest BCUT2D eigenvalue weighted by Gasteiger charge is -2.61. The molecule has 2 N–H and O–H groups in total. The van der Waals surface area contributed by atoms with Crippen LogP contribution in [0, 0.1) is 29.0 Å². The van der Waals surface area contributed by atoms with Crippen molar-refractivity contribution in [1.29, 1.82) is 0 Å². The molecule has 0 spiro atoms. The van der Waals surface area contributed by atoms with Crippen LogP contribution in [0.15, 0.2) is 58.6 Å². The number of hydrogen-bond donors (Lipinski definition) is 2. The highest BCUT2D eigenvalue weighted by Crippen LogP contribution is 2.61. The molecule has 242 valence electrons. The fourth-order valence-electron chi connectivity index (χ4n) is 7.87. The molecule has 4 aliphatic rings. The Bertz CT molecular complexity index is 1780. The van der Waals surface area contributed by atoms with Gasteiger partial charge in [0.05, 0.1) is 16.9 Å². The second kappa shape index (κ2) is 12.2. The molecule has 0 radical (unpaired) electrons. The number of anilines is 1. The predicted octanol–water partition coefficient (Wildman–Crippen LogP) is 3.95. The van der Waals surface area contributed by atoms with Crippen molar-refractivity contribution in [3.8, 4) is 0 Å². The number of nitrogens with one attached hydrogen (secondary N) is 2. The Labute approximate surface area is 268 Å². The molecule has 4 fully saturated rings. The summed E-state index contributed by atoms with van der Waals surface area (Å²) in [5.41, 5.74) is 2.62. The molecule has 2 aromatic heterocycles. The molecule has 12 heteroatoms. The summed E-state index contributed by atoms with van der Waals surface area (Å²) in [6.45, 7) is 12.6. The summed E-state index contributed by atoms with van der Waals surface area (Å²) in [5.74, 6) is 3.08. The SMILES string of the molecule is C[C@@H]1[C@@H](N=C(Nc2ccc3c(=O)n(CCc4ccc(F)cc4)c(Cn4ncnn4)nc3c2)N2CCN[C@@H](C)C2)C[C@@H]2C[C@H]1C2(C)C. The summed E-state index contributed by atoms with van der Waals surface area (Å²) in [6, 6.07) is 12.7. The van der Waals surface area contributed by atoms with Gasteiger partial charge in [-0.2, -0.15) is 4.80 Å². The van der Waals surface area contributed by atoms with E-state index in [4.69, 9.17) is 9.98 Å². The summed E-state index contributed by atoms with van der Waals surface area (Å²) in [7, 11) is 0. The van der Waals surface area contributed by atoms with E-state index in [-0.39, 0.29) is 24.0 Å². The van der Waals surface area contributed by atoms with Gasteiger partial charge in [-0.15, -0.1) is 10.2 Å². The molecule has 5 atom stereocenters. The van der Waals surface area contributed by atoms with Crippen LogP contribution in [0.25, 0.3) is 10.9 Å². The molecular weight excluding hydrogens is 583 g/mol. The standard InChI is InChI=1S/C34H43FN10O/c1-21-18-43(14-12-36-21)33(41-29-16-24-15-28(22(29)2)34(24,3)4)39-26-9-10-27-30(17-26)40-31(19-45-38-20-37-42-45)44(32(27)46)13-11-23-5-7-25(35)8-6-23/h5-10,17,20-22,24,28-29,36H,11-16,18-19H2,1-4H3,(H,39,41)/t21-,22-,24-,28+,29-/m0/s1. The van der Waals surface area contributed by atoms with Crippen LogP contribution in [0.5, 0.6) is 0 Å². The average Bonchev–Trinajstić information content (AvgIpc) is 3.55. The molecule has 3 aliphatic carbocycles. The zero-order valence-electron chi connectivity index (χ0n) is 27.0. The van der Waals surface area contributed by atoms with E-state index >= 15 is 0 Å². The normalized spacial score (nSPS) is 25.8. The largest absolute Gasteiger partial charge is 0.340 e. The Morgan fingerprint density at radius 3 is 2.70 bits per heavy atom. The van der Waals surface area contributed by atoms with Crippen LogP contribution in [0.1, 0.15) is 51.9 Å². The van der Waals surface area contributed by atoms with Crippen molar-refractivity contribution < 1.29 is 4.39 Å². The Morgan fingerprint density at radius 2 is 1.98 bits per heavy atom. The lowest BCUT2D eigenvalue weighted by atomic mass is 9.45. The maximum atomic E-state index is 13.9. The van der Waals surface area contributed by atoms with Gasteiger partial charge in [-0.3, -0.25) is 9.36 Å². The van der Waals surface area contributed by atoms with Gasteiger partial charge in [-0.25, -0.2) is 14.4 Å². The first-order chi connectivity index (χ1) is 22.2. The van der Waals surface area contributed by atoms with Gasteiger partial charge in [-0.1, -0.05) is 32.9 Å². The molecule has 4 aromatic rings. The molecule has 1 saturated heterocycles. The topological polar surface area (TPSA) is 118 Å². The second-order valence-corrected chi connectivity index (χ2v) is 14.0. The lowest BCUT2D eigenvalue weighted by molar-refractivity contribution is -0.108. The van der Waals surface area contributed by atoms with Gasteiger partial charge in [0.2, 0.25) is 0 Å². The number of hydrogen-bond acceptors (Lipinski definition) is 7. The zero-order valence-corrected chi connectivity index (χ0v) is 27.0. The van der Waals surface area contributed by atoms with E-state index < -0.39 is 0 Å². The molecule has 2 aromatic carbocycles. The van der Waals surface area contributed by atoms with Gasteiger partial charge in [0, 0.05) is 37.9 Å². The van der Waals surface area contributed by atoms with Crippen LogP contribution in [-0.4, -0.2) is 72.3 Å². The van der Waals surface area contributed by atoms with Crippen LogP contribution < -0.4 is 16.2 Å². The fourth-order valence-corrected chi connectivity index (χ4v) is 7.87. The van der Waals surface area contributed by atoms with Crippen LogP contribution >= 0.6 is 0 Å². The third-order valence-corrected chi connectivity index (χ3v) is 10.8. The van der Waals surface area contributed by atoms with Crippen molar-refractivity contribution in [3.05, 3.63) is 76.4 Å². The number of aryl methyl sites for hydroxylation is 1. The van der Waals surface area contributed by atoms with Crippen LogP contribution in [0.3, 0.4) is 0 Å². The third kappa shape index (κ3) is 5.90. The van der Waals surface area contributed by atoms with Crippen molar-refractivity contribution in [3.63, 3.8) is 0 Å². The molecular formula is C34H43FN10O. The monoisotopic (exact) mass is 626 g/mol. The van der Waals surface area contributed by atoms with Gasteiger partial charge in [0.25, 0.3) is 5.56 Å². The van der Waals surface area contributed by atoms with Crippen molar-refractivity contribution in [2.75, 3.05) is 25.0 Å². The number of halogens is 1. The number of tetrazole rings is 1. The first-order valence-corrected chi connectivity index (χ1v) is 16.5. The molecule has 11 nitrogen and oxygen atoms in total. The maximum Gasteiger partial charge on any atom is 0.261 e. The first kappa shape index (κ1) is 30.5. The Hall–Kier alpha value is -4.19. The quantitative estimate of drug-likeness (QED) is 0.234. The summed E-state index contributed by atoms with van der Waals surface area (Å²) in [4.78, 5) is 28.0. The third-order valence-electron chi connectivity index (χ3n) is 10.8. The van der Waals surface area contributed by atoms with E-state index in [0.29, 0.717) is 53.0 Å². The smallest absolute Gasteiger partial charge is 0.261 e. The highest BCUT2D eigenvalue weighted by Gasteiger charge is 2.56. The molecule has 3 heterocycles. The highest BCUT2D eigenvalue weighted by molar-refractivity contribution is 5.96. The highest BCUT2D eigenvalue weighted by atomic mass is 19.1. The summed E-state index contributed by atoms with van der Waals surface area (Å²) >= 11 is 0. The number of benzene rings is 2. The van der Waals surface area contributed by atoms with Crippen LogP contribution in [0.4, 0.5) is 10.1 Å². The lowest BCUT2D eigenvalue weighted by Crippen LogP contribution is -2.57. The molecule has 1 aliphatic heterocycles. The van der Waals surface area contributed by atoms with E-state index in [1.165, 1.54) is 29.7 Å². The minimum Gasteiger partial charge on any atom is -0.340 e. The van der Waals surface area contributed by atoms with E-state index in [9.17, 15) is 9.18 Å². The number of fused-ring (bicyclic) bond motifs is 3. The molecule has 8 rings (SSSR count). The van der Waals surface area contributed by atoms with Crippen LogP contribution in [0.2, 0.25) is 0 Å². The summed E-state index contributed by atoms with van der Waals surface area (Å²) < 4.78 is 15.1. The minimum atomic E-state index is -0.288. The number of aliphatic imine (C=N–C) groups is 1. The number of aromatic nitrogens is 6. The van der Waals surface area contributed by atoms with E-state index in [1.54, 1.807) is 16.7 Å². The van der Waals surface area contributed by atoms with E-state index in [2.05, 4.69) is 58.6 Å². The maximum absolute atomic E-state index is 13.9. The van der Waals surface area contributed by atoms with Gasteiger partial charge in [0.15, 0.2) is 12.3 Å². The fraction of sp³-hybridized carbons (Fsp3) is 0.529. The Morgan fingerprint density at radius 1 is 1.15 bits per heavy atom. The first-order valence-electron chi connectivity index (χ1n) is 16.5. The van der Waals surface area contributed by atoms with Gasteiger partial charge in [-0.05, 0) is 90.5 Å². The van der Waals surface area contributed by atoms with Gasteiger partial charge in [0.1, 0.15) is 18.2 Å². The van der Waals surface area contributed by atoms with Crippen LogP contribution in [-0.2, 0) is 19.5 Å². The second-order valence-electron chi connectivity index (χ2n) is 14.0. The predicted molar refractivity (Wildman–Crippen MR) is 176 cm³/mol. The zero-order chi connectivity index (χ0) is 32.0. The van der Waals surface area contributed by atoms with E-state index in [0.717, 1.165) is 49.2 Å². The van der Waals surface area contributed by atoms with E-state index in [1.807, 2.05) is 18.2 Å². The molecule has 46 heavy (non-hydrogen) atoms. The number of piperazine rings is 1.